The quantitative estimate of drug-likeness (QED) is 0.609. The SMILES string of the molecule is O=C(c1c(/C=C/c2ccc(Cl)cc2)[nH]c2cc(Br)ccc12)N1CCNCC1. The van der Waals surface area contributed by atoms with E-state index in [-0.39, 0.29) is 5.91 Å². The normalized spacial score (nSPS) is 15.0. The molecule has 2 N–H and O–H groups in total. The van der Waals surface area contributed by atoms with Crippen molar-refractivity contribution >= 4 is 56.5 Å². The first-order chi connectivity index (χ1) is 13.1. The van der Waals surface area contributed by atoms with Crippen LogP contribution in [0.25, 0.3) is 23.1 Å². The molecule has 138 valence electrons. The number of carbonyl (C=O) groups excluding carboxylic acids is 1. The predicted octanol–water partition coefficient (Wildman–Crippen LogP) is 4.80. The number of piperazine rings is 1. The van der Waals surface area contributed by atoms with Crippen molar-refractivity contribution in [2.75, 3.05) is 26.2 Å². The lowest BCUT2D eigenvalue weighted by Gasteiger charge is -2.27. The summed E-state index contributed by atoms with van der Waals surface area (Å²) in [6, 6.07) is 13.6. The molecular weight excluding hydrogens is 426 g/mol. The van der Waals surface area contributed by atoms with Crippen LogP contribution in [0.4, 0.5) is 0 Å². The molecular formula is C21H19BrClN3O. The second-order valence-corrected chi connectivity index (χ2v) is 7.88. The number of carbonyl (C=O) groups is 1. The molecule has 1 aliphatic rings. The Labute approximate surface area is 171 Å². The van der Waals surface area contributed by atoms with E-state index in [0.29, 0.717) is 5.02 Å². The molecule has 0 aliphatic carbocycles. The van der Waals surface area contributed by atoms with Crippen LogP contribution in [0.1, 0.15) is 21.6 Å². The van der Waals surface area contributed by atoms with E-state index < -0.39 is 0 Å². The Kier molecular flexibility index (Phi) is 5.34. The van der Waals surface area contributed by atoms with E-state index in [9.17, 15) is 4.79 Å². The van der Waals surface area contributed by atoms with Crippen molar-refractivity contribution in [1.29, 1.82) is 0 Å². The zero-order valence-corrected chi connectivity index (χ0v) is 17.0. The average Bonchev–Trinajstić information content (AvgIpc) is 3.05. The minimum atomic E-state index is 0.0702. The molecule has 0 unspecified atom stereocenters. The fraction of sp³-hybridized carbons (Fsp3) is 0.190. The fourth-order valence-electron chi connectivity index (χ4n) is 3.33. The minimum Gasteiger partial charge on any atom is -0.354 e. The molecule has 2 heterocycles. The van der Waals surface area contributed by atoms with Gasteiger partial charge in [-0.05, 0) is 35.9 Å². The molecule has 6 heteroatoms. The summed E-state index contributed by atoms with van der Waals surface area (Å²) in [5, 5.41) is 4.94. The largest absolute Gasteiger partial charge is 0.354 e. The van der Waals surface area contributed by atoms with Crippen molar-refractivity contribution in [1.82, 2.24) is 15.2 Å². The lowest BCUT2D eigenvalue weighted by molar-refractivity contribution is 0.0737. The summed E-state index contributed by atoms with van der Waals surface area (Å²) in [5.74, 6) is 0.0702. The van der Waals surface area contributed by atoms with Crippen LogP contribution < -0.4 is 5.32 Å². The van der Waals surface area contributed by atoms with E-state index in [4.69, 9.17) is 11.6 Å². The molecule has 4 rings (SSSR count). The zero-order chi connectivity index (χ0) is 18.8. The summed E-state index contributed by atoms with van der Waals surface area (Å²) in [6.07, 6.45) is 3.96. The van der Waals surface area contributed by atoms with Crippen molar-refractivity contribution < 1.29 is 4.79 Å². The number of nitrogens with zero attached hydrogens (tertiary/aromatic N) is 1. The summed E-state index contributed by atoms with van der Waals surface area (Å²) >= 11 is 9.47. The Morgan fingerprint density at radius 1 is 1.07 bits per heavy atom. The van der Waals surface area contributed by atoms with Crippen LogP contribution in [-0.2, 0) is 0 Å². The predicted molar refractivity (Wildman–Crippen MR) is 115 cm³/mol. The molecule has 3 aromatic rings. The van der Waals surface area contributed by atoms with Crippen LogP contribution in [-0.4, -0.2) is 42.0 Å². The third-order valence-corrected chi connectivity index (χ3v) is 5.47. The lowest BCUT2D eigenvalue weighted by atomic mass is 10.1. The monoisotopic (exact) mass is 443 g/mol. The molecule has 0 spiro atoms. The van der Waals surface area contributed by atoms with Gasteiger partial charge in [0.05, 0.1) is 11.3 Å². The Morgan fingerprint density at radius 2 is 1.81 bits per heavy atom. The molecule has 1 amide bonds. The second kappa shape index (κ2) is 7.89. The number of aromatic nitrogens is 1. The number of fused-ring (bicyclic) bond motifs is 1. The summed E-state index contributed by atoms with van der Waals surface area (Å²) < 4.78 is 0.977. The van der Waals surface area contributed by atoms with Crippen molar-refractivity contribution in [3.05, 3.63) is 68.8 Å². The Hall–Kier alpha value is -2.08. The van der Waals surface area contributed by atoms with Gasteiger partial charge in [-0.2, -0.15) is 0 Å². The highest BCUT2D eigenvalue weighted by molar-refractivity contribution is 9.10. The first-order valence-electron chi connectivity index (χ1n) is 8.87. The molecule has 1 fully saturated rings. The number of nitrogens with one attached hydrogen (secondary N) is 2. The van der Waals surface area contributed by atoms with E-state index in [0.717, 1.165) is 58.4 Å². The van der Waals surface area contributed by atoms with Gasteiger partial charge >= 0.3 is 0 Å². The van der Waals surface area contributed by atoms with Crippen molar-refractivity contribution in [3.8, 4) is 0 Å². The number of benzene rings is 2. The lowest BCUT2D eigenvalue weighted by Crippen LogP contribution is -2.46. The highest BCUT2D eigenvalue weighted by atomic mass is 79.9. The summed E-state index contributed by atoms with van der Waals surface area (Å²) in [6.45, 7) is 3.11. The summed E-state index contributed by atoms with van der Waals surface area (Å²) in [4.78, 5) is 18.6. The number of hydrogen-bond acceptors (Lipinski definition) is 2. The van der Waals surface area contributed by atoms with E-state index in [2.05, 4.69) is 26.2 Å². The van der Waals surface area contributed by atoms with Gasteiger partial charge in [0.15, 0.2) is 0 Å². The highest BCUT2D eigenvalue weighted by Crippen LogP contribution is 2.28. The zero-order valence-electron chi connectivity index (χ0n) is 14.6. The molecule has 4 nitrogen and oxygen atoms in total. The van der Waals surface area contributed by atoms with Crippen molar-refractivity contribution in [2.24, 2.45) is 0 Å². The smallest absolute Gasteiger partial charge is 0.256 e. The maximum absolute atomic E-state index is 13.3. The van der Waals surface area contributed by atoms with E-state index in [1.165, 1.54) is 0 Å². The van der Waals surface area contributed by atoms with Gasteiger partial charge < -0.3 is 15.2 Å². The van der Waals surface area contributed by atoms with Crippen LogP contribution >= 0.6 is 27.5 Å². The number of amides is 1. The van der Waals surface area contributed by atoms with Gasteiger partial charge in [0.1, 0.15) is 0 Å². The standard InChI is InChI=1S/C21H19BrClN3O/c22-15-4-7-17-19(13-15)25-18(8-3-14-1-5-16(23)6-2-14)20(17)21(27)26-11-9-24-10-12-26/h1-8,13,24-25H,9-12H2/b8-3+. The maximum atomic E-state index is 13.3. The molecule has 2 aromatic carbocycles. The van der Waals surface area contributed by atoms with Crippen LogP contribution in [0.5, 0.6) is 0 Å². The second-order valence-electron chi connectivity index (χ2n) is 6.53. The van der Waals surface area contributed by atoms with E-state index >= 15 is 0 Å². The molecule has 1 aromatic heterocycles. The molecule has 0 atom stereocenters. The number of aromatic amines is 1. The number of hydrogen-bond donors (Lipinski definition) is 2. The van der Waals surface area contributed by atoms with Crippen molar-refractivity contribution in [2.45, 2.75) is 0 Å². The molecule has 27 heavy (non-hydrogen) atoms. The minimum absolute atomic E-state index is 0.0702. The van der Waals surface area contributed by atoms with Crippen LogP contribution in [0.2, 0.25) is 5.02 Å². The van der Waals surface area contributed by atoms with Gasteiger partial charge in [-0.3, -0.25) is 4.79 Å². The molecule has 0 radical (unpaired) electrons. The summed E-state index contributed by atoms with van der Waals surface area (Å²) in [7, 11) is 0. The molecule has 0 saturated carbocycles. The Morgan fingerprint density at radius 3 is 2.56 bits per heavy atom. The van der Waals surface area contributed by atoms with E-state index in [1.807, 2.05) is 59.5 Å². The first-order valence-corrected chi connectivity index (χ1v) is 10.0. The topological polar surface area (TPSA) is 48.1 Å². The van der Waals surface area contributed by atoms with Gasteiger partial charge in [0, 0.05) is 46.6 Å². The number of rotatable bonds is 3. The van der Waals surface area contributed by atoms with Crippen molar-refractivity contribution in [3.63, 3.8) is 0 Å². The highest BCUT2D eigenvalue weighted by Gasteiger charge is 2.23. The fourth-order valence-corrected chi connectivity index (χ4v) is 3.81. The Bertz CT molecular complexity index is 1000. The van der Waals surface area contributed by atoms with Gasteiger partial charge in [0.2, 0.25) is 0 Å². The van der Waals surface area contributed by atoms with E-state index in [1.54, 1.807) is 0 Å². The van der Waals surface area contributed by atoms with Gasteiger partial charge in [-0.1, -0.05) is 51.8 Å². The number of H-pyrrole nitrogens is 1. The maximum Gasteiger partial charge on any atom is 0.256 e. The van der Waals surface area contributed by atoms with Crippen LogP contribution in [0.15, 0.2) is 46.9 Å². The van der Waals surface area contributed by atoms with Gasteiger partial charge in [-0.15, -0.1) is 0 Å². The van der Waals surface area contributed by atoms with Crippen LogP contribution in [0.3, 0.4) is 0 Å². The Balaban J connectivity index is 1.76. The molecule has 1 saturated heterocycles. The van der Waals surface area contributed by atoms with Gasteiger partial charge in [0.25, 0.3) is 5.91 Å². The third-order valence-electron chi connectivity index (χ3n) is 4.72. The first kappa shape index (κ1) is 18.3. The molecule has 1 aliphatic heterocycles. The van der Waals surface area contributed by atoms with Gasteiger partial charge in [-0.25, -0.2) is 0 Å². The molecule has 0 bridgehead atoms. The summed E-state index contributed by atoms with van der Waals surface area (Å²) in [5.41, 5.74) is 3.52. The third kappa shape index (κ3) is 3.95. The van der Waals surface area contributed by atoms with Crippen LogP contribution in [0, 0.1) is 0 Å². The number of halogens is 2. The average molecular weight is 445 g/mol.